The second kappa shape index (κ2) is 6.03. The normalized spacial score (nSPS) is 30.9. The van der Waals surface area contributed by atoms with Crippen molar-refractivity contribution >= 4 is 5.78 Å². The third kappa shape index (κ3) is 2.78. The van der Waals surface area contributed by atoms with Gasteiger partial charge in [-0.3, -0.25) is 4.79 Å². The predicted molar refractivity (Wildman–Crippen MR) is 80.9 cm³/mol. The van der Waals surface area contributed by atoms with Crippen LogP contribution in [0.1, 0.15) is 32.1 Å². The molecule has 5 heteroatoms. The third-order valence-electron chi connectivity index (χ3n) is 5.24. The molecule has 0 aromatic rings. The summed E-state index contributed by atoms with van der Waals surface area (Å²) in [7, 11) is 3.20. The van der Waals surface area contributed by atoms with E-state index in [-0.39, 0.29) is 17.6 Å². The lowest BCUT2D eigenvalue weighted by Gasteiger charge is -2.31. The molecule has 0 aromatic heterocycles. The van der Waals surface area contributed by atoms with Crippen molar-refractivity contribution in [3.05, 3.63) is 23.2 Å². The number of hydrogen-bond donors (Lipinski definition) is 1. The monoisotopic (exact) mass is 309 g/mol. The molecule has 2 atom stereocenters. The van der Waals surface area contributed by atoms with Gasteiger partial charge in [0.15, 0.2) is 11.5 Å². The van der Waals surface area contributed by atoms with Crippen LogP contribution in [0, 0.1) is 11.8 Å². The number of carbonyl (C=O) groups is 1. The van der Waals surface area contributed by atoms with Crippen LogP contribution in [-0.2, 0) is 14.3 Å². The van der Waals surface area contributed by atoms with Gasteiger partial charge < -0.3 is 14.8 Å². The number of rotatable bonds is 4. The number of alkyl halides is 1. The van der Waals surface area contributed by atoms with E-state index in [1.54, 1.807) is 20.3 Å². The van der Waals surface area contributed by atoms with Gasteiger partial charge in [0, 0.05) is 17.9 Å². The van der Waals surface area contributed by atoms with Crippen molar-refractivity contribution in [2.75, 3.05) is 27.3 Å². The van der Waals surface area contributed by atoms with Crippen molar-refractivity contribution in [3.8, 4) is 0 Å². The van der Waals surface area contributed by atoms with Crippen LogP contribution in [0.5, 0.6) is 0 Å². The van der Waals surface area contributed by atoms with Gasteiger partial charge in [-0.2, -0.15) is 0 Å². The van der Waals surface area contributed by atoms with Crippen molar-refractivity contribution in [2.24, 2.45) is 11.8 Å². The zero-order chi connectivity index (χ0) is 15.7. The number of allylic oxidation sites excluding steroid dienone is 3. The highest BCUT2D eigenvalue weighted by Crippen LogP contribution is 2.45. The van der Waals surface area contributed by atoms with E-state index in [4.69, 9.17) is 9.47 Å². The molecule has 2 fully saturated rings. The molecule has 1 N–H and O–H groups in total. The first-order chi connectivity index (χ1) is 10.6. The average Bonchev–Trinajstić information content (AvgIpc) is 2.81. The zero-order valence-corrected chi connectivity index (χ0v) is 13.3. The highest BCUT2D eigenvalue weighted by Gasteiger charge is 2.45. The topological polar surface area (TPSA) is 47.6 Å². The molecule has 0 bridgehead atoms. The molecule has 1 heterocycles. The molecule has 4 nitrogen and oxygen atoms in total. The molecular weight excluding hydrogens is 285 g/mol. The van der Waals surface area contributed by atoms with Gasteiger partial charge in [-0.15, -0.1) is 0 Å². The van der Waals surface area contributed by atoms with E-state index < -0.39 is 5.67 Å². The number of methoxy groups -OCH3 is 2. The molecule has 3 aliphatic rings. The molecule has 1 saturated heterocycles. The lowest BCUT2D eigenvalue weighted by molar-refractivity contribution is -0.119. The molecule has 1 saturated carbocycles. The summed E-state index contributed by atoms with van der Waals surface area (Å²) in [6, 6.07) is 0. The first-order valence-electron chi connectivity index (χ1n) is 8.03. The summed E-state index contributed by atoms with van der Waals surface area (Å²) in [6.07, 6.45) is 4.56. The maximum atomic E-state index is 14.9. The Kier molecular flexibility index (Phi) is 4.26. The van der Waals surface area contributed by atoms with E-state index in [0.717, 1.165) is 17.8 Å². The maximum Gasteiger partial charge on any atom is 0.162 e. The molecular formula is C17H24FNO3. The van der Waals surface area contributed by atoms with Crippen LogP contribution in [0.2, 0.25) is 0 Å². The highest BCUT2D eigenvalue weighted by atomic mass is 19.1. The van der Waals surface area contributed by atoms with Crippen molar-refractivity contribution in [3.63, 3.8) is 0 Å². The van der Waals surface area contributed by atoms with Gasteiger partial charge in [0.2, 0.25) is 0 Å². The number of Topliss-reactive ketones (excluding diaryl/α,β-unsaturated/α-hetero) is 1. The quantitative estimate of drug-likeness (QED) is 0.867. The van der Waals surface area contributed by atoms with E-state index >= 15 is 0 Å². The average molecular weight is 309 g/mol. The molecule has 2 aliphatic carbocycles. The van der Waals surface area contributed by atoms with E-state index in [1.807, 2.05) is 0 Å². The lowest BCUT2D eigenvalue weighted by Crippen LogP contribution is -2.40. The molecule has 22 heavy (non-hydrogen) atoms. The SMILES string of the molecule is COC1=C(OC)CC2CC(CC3(F)CCNCC3)C(=O)C2=C1. The Bertz CT molecular complexity index is 520. The number of ketones is 1. The van der Waals surface area contributed by atoms with Crippen molar-refractivity contribution in [2.45, 2.75) is 37.8 Å². The summed E-state index contributed by atoms with van der Waals surface area (Å²) in [5.74, 6) is 1.46. The summed E-state index contributed by atoms with van der Waals surface area (Å²) < 4.78 is 25.5. The van der Waals surface area contributed by atoms with Crippen LogP contribution in [0.25, 0.3) is 0 Å². The molecule has 0 aromatic carbocycles. The standard InChI is InChI=1S/C17H24FNO3/c1-21-14-8-11-7-12(10-17(18)3-5-19-6-4-17)16(20)13(11)9-15(14)22-2/h9,11-12,19H,3-8,10H2,1-2H3. The maximum absolute atomic E-state index is 14.9. The van der Waals surface area contributed by atoms with Crippen molar-refractivity contribution < 1.29 is 18.7 Å². The summed E-state index contributed by atoms with van der Waals surface area (Å²) in [5, 5.41) is 3.18. The Morgan fingerprint density at radius 3 is 2.68 bits per heavy atom. The van der Waals surface area contributed by atoms with Gasteiger partial charge in [-0.1, -0.05) is 0 Å². The summed E-state index contributed by atoms with van der Waals surface area (Å²) in [6.45, 7) is 1.40. The highest BCUT2D eigenvalue weighted by molar-refractivity contribution is 6.00. The van der Waals surface area contributed by atoms with Crippen molar-refractivity contribution in [1.29, 1.82) is 0 Å². The summed E-state index contributed by atoms with van der Waals surface area (Å²) in [5.41, 5.74) is -0.401. The van der Waals surface area contributed by atoms with E-state index in [2.05, 4.69) is 5.32 Å². The van der Waals surface area contributed by atoms with Crippen LogP contribution in [-0.4, -0.2) is 38.8 Å². The molecule has 2 unspecified atom stereocenters. The Morgan fingerprint density at radius 2 is 2.05 bits per heavy atom. The fourth-order valence-corrected chi connectivity index (χ4v) is 4.00. The summed E-state index contributed by atoms with van der Waals surface area (Å²) >= 11 is 0. The van der Waals surface area contributed by atoms with Gasteiger partial charge >= 0.3 is 0 Å². The van der Waals surface area contributed by atoms with Gasteiger partial charge in [-0.25, -0.2) is 4.39 Å². The minimum atomic E-state index is -1.19. The van der Waals surface area contributed by atoms with Crippen LogP contribution >= 0.6 is 0 Å². The van der Waals surface area contributed by atoms with Gasteiger partial charge in [-0.05, 0) is 50.8 Å². The predicted octanol–water partition coefficient (Wildman–Crippen LogP) is 2.51. The van der Waals surface area contributed by atoms with E-state index in [1.165, 1.54) is 0 Å². The minimum Gasteiger partial charge on any atom is -0.497 e. The van der Waals surface area contributed by atoms with Gasteiger partial charge in [0.25, 0.3) is 0 Å². The number of nitrogens with one attached hydrogen (secondary N) is 1. The zero-order valence-electron chi connectivity index (χ0n) is 13.3. The third-order valence-corrected chi connectivity index (χ3v) is 5.24. The number of fused-ring (bicyclic) bond motifs is 1. The molecule has 1 aliphatic heterocycles. The molecule has 122 valence electrons. The van der Waals surface area contributed by atoms with Gasteiger partial charge in [0.05, 0.1) is 14.2 Å². The second-order valence-corrected chi connectivity index (χ2v) is 6.60. The lowest BCUT2D eigenvalue weighted by atomic mass is 9.83. The molecule has 0 radical (unpaired) electrons. The van der Waals surface area contributed by atoms with E-state index in [9.17, 15) is 9.18 Å². The number of piperidine rings is 1. The number of ether oxygens (including phenoxy) is 2. The largest absolute Gasteiger partial charge is 0.497 e. The second-order valence-electron chi connectivity index (χ2n) is 6.60. The number of halogens is 1. The molecule has 0 spiro atoms. The van der Waals surface area contributed by atoms with Crippen molar-refractivity contribution in [1.82, 2.24) is 5.32 Å². The Balaban J connectivity index is 1.74. The Morgan fingerprint density at radius 1 is 1.32 bits per heavy atom. The molecule has 0 amide bonds. The molecule has 3 rings (SSSR count). The smallest absolute Gasteiger partial charge is 0.162 e. The minimum absolute atomic E-state index is 0.102. The Labute approximate surface area is 130 Å². The van der Waals surface area contributed by atoms with Crippen LogP contribution in [0.4, 0.5) is 4.39 Å². The van der Waals surface area contributed by atoms with Crippen LogP contribution in [0.3, 0.4) is 0 Å². The van der Waals surface area contributed by atoms with E-state index in [0.29, 0.717) is 44.5 Å². The number of carbonyl (C=O) groups excluding carboxylic acids is 1. The fraction of sp³-hybridized carbons (Fsp3) is 0.706. The fourth-order valence-electron chi connectivity index (χ4n) is 4.00. The Hall–Kier alpha value is -1.36. The van der Waals surface area contributed by atoms with Crippen LogP contribution < -0.4 is 5.32 Å². The first kappa shape index (κ1) is 15.5. The summed E-state index contributed by atoms with van der Waals surface area (Å²) in [4.78, 5) is 12.6. The van der Waals surface area contributed by atoms with Gasteiger partial charge in [0.1, 0.15) is 11.4 Å². The number of hydrogen-bond acceptors (Lipinski definition) is 4. The van der Waals surface area contributed by atoms with Crippen LogP contribution in [0.15, 0.2) is 23.2 Å². The first-order valence-corrected chi connectivity index (χ1v) is 8.03.